The van der Waals surface area contributed by atoms with E-state index in [-0.39, 0.29) is 0 Å². The maximum absolute atomic E-state index is 5.89. The van der Waals surface area contributed by atoms with Gasteiger partial charge in [0.25, 0.3) is 0 Å². The van der Waals surface area contributed by atoms with Crippen molar-refractivity contribution in [1.82, 2.24) is 0 Å². The van der Waals surface area contributed by atoms with Crippen molar-refractivity contribution in [2.45, 2.75) is 27.7 Å². The van der Waals surface area contributed by atoms with Crippen LogP contribution in [0.5, 0.6) is 0 Å². The summed E-state index contributed by atoms with van der Waals surface area (Å²) in [6.07, 6.45) is 5.83. The fourth-order valence-electron chi connectivity index (χ4n) is 1.19. The Morgan fingerprint density at radius 3 is 2.33 bits per heavy atom. The van der Waals surface area contributed by atoms with E-state index < -0.39 is 0 Å². The first-order valence-electron chi connectivity index (χ1n) is 5.40. The molecule has 0 aliphatic carbocycles. The van der Waals surface area contributed by atoms with Crippen molar-refractivity contribution < 1.29 is 0 Å². The number of rotatable bonds is 2. The molecule has 0 bridgehead atoms. The Labute approximate surface area is 93.3 Å². The van der Waals surface area contributed by atoms with Crippen LogP contribution in [0.4, 0.5) is 0 Å². The van der Waals surface area contributed by atoms with Gasteiger partial charge in [0.1, 0.15) is 0 Å². The van der Waals surface area contributed by atoms with Crippen LogP contribution < -0.4 is 5.73 Å². The molecule has 0 aromatic heterocycles. The van der Waals surface area contributed by atoms with Crippen LogP contribution >= 0.6 is 0 Å². The molecule has 82 valence electrons. The highest BCUT2D eigenvalue weighted by atomic mass is 14.6. The van der Waals surface area contributed by atoms with E-state index in [0.29, 0.717) is 0 Å². The molecule has 0 unspecified atom stereocenters. The van der Waals surface area contributed by atoms with Crippen molar-refractivity contribution in [3.8, 4) is 0 Å². The summed E-state index contributed by atoms with van der Waals surface area (Å²) in [6.45, 7) is 8.04. The number of benzene rings is 1. The molecule has 0 aliphatic heterocycles. The molecule has 2 N–H and O–H groups in total. The van der Waals surface area contributed by atoms with Gasteiger partial charge >= 0.3 is 0 Å². The van der Waals surface area contributed by atoms with E-state index >= 15 is 0 Å². The molecule has 0 radical (unpaired) electrons. The summed E-state index contributed by atoms with van der Waals surface area (Å²) < 4.78 is 0. The van der Waals surface area contributed by atoms with Crippen molar-refractivity contribution in [1.29, 1.82) is 0 Å². The van der Waals surface area contributed by atoms with Crippen molar-refractivity contribution >= 4 is 5.70 Å². The Morgan fingerprint density at radius 1 is 1.20 bits per heavy atom. The fourth-order valence-corrected chi connectivity index (χ4v) is 1.19. The Bertz CT molecular complexity index is 335. The van der Waals surface area contributed by atoms with Gasteiger partial charge in [-0.25, -0.2) is 0 Å². The van der Waals surface area contributed by atoms with Gasteiger partial charge in [0.2, 0.25) is 0 Å². The minimum Gasteiger partial charge on any atom is -0.398 e. The highest BCUT2D eigenvalue weighted by Crippen LogP contribution is 2.13. The van der Waals surface area contributed by atoms with Gasteiger partial charge in [-0.3, -0.25) is 0 Å². The summed E-state index contributed by atoms with van der Waals surface area (Å²) >= 11 is 0. The lowest BCUT2D eigenvalue weighted by Gasteiger charge is -2.03. The second-order valence-electron chi connectivity index (χ2n) is 2.96. The zero-order chi connectivity index (χ0) is 11.7. The first-order valence-corrected chi connectivity index (χ1v) is 5.40. The van der Waals surface area contributed by atoms with Crippen LogP contribution in [0.2, 0.25) is 0 Å². The summed E-state index contributed by atoms with van der Waals surface area (Å²) in [5.41, 5.74) is 9.03. The van der Waals surface area contributed by atoms with E-state index in [1.54, 1.807) is 0 Å². The van der Waals surface area contributed by atoms with Gasteiger partial charge < -0.3 is 5.73 Å². The lowest BCUT2D eigenvalue weighted by atomic mass is 10.1. The number of nitrogens with two attached hydrogens (primary N) is 1. The zero-order valence-electron chi connectivity index (χ0n) is 10.1. The van der Waals surface area contributed by atoms with Gasteiger partial charge in [-0.1, -0.05) is 50.3 Å². The molecule has 0 saturated carbocycles. The van der Waals surface area contributed by atoms with Crippen molar-refractivity contribution in [2.24, 2.45) is 5.73 Å². The molecule has 1 aromatic carbocycles. The molecular weight excluding hydrogens is 182 g/mol. The van der Waals surface area contributed by atoms with Gasteiger partial charge in [-0.2, -0.15) is 0 Å². The number of hydrogen-bond donors (Lipinski definition) is 1. The van der Waals surface area contributed by atoms with Crippen LogP contribution in [-0.4, -0.2) is 0 Å². The van der Waals surface area contributed by atoms with E-state index in [4.69, 9.17) is 5.73 Å². The lowest BCUT2D eigenvalue weighted by molar-refractivity contribution is 1.39. The van der Waals surface area contributed by atoms with Crippen LogP contribution in [-0.2, 0) is 0 Å². The summed E-state index contributed by atoms with van der Waals surface area (Å²) in [5.74, 6) is 0. The highest BCUT2D eigenvalue weighted by molar-refractivity contribution is 5.66. The minimum atomic E-state index is 0.816. The monoisotopic (exact) mass is 203 g/mol. The predicted octanol–water partition coefficient (Wildman–Crippen LogP) is 3.90. The molecule has 0 fully saturated rings. The zero-order valence-corrected chi connectivity index (χ0v) is 10.1. The van der Waals surface area contributed by atoms with Gasteiger partial charge in [-0.05, 0) is 25.5 Å². The van der Waals surface area contributed by atoms with Crippen LogP contribution in [0.1, 0.15) is 31.9 Å². The van der Waals surface area contributed by atoms with Crippen molar-refractivity contribution in [2.75, 3.05) is 0 Å². The summed E-state index contributed by atoms with van der Waals surface area (Å²) in [4.78, 5) is 0. The van der Waals surface area contributed by atoms with E-state index in [0.717, 1.165) is 11.3 Å². The first kappa shape index (κ1) is 13.5. The molecule has 0 heterocycles. The standard InChI is InChI=1S/C12H15N.C2H6/c1-3-4-9-12(13)11-8-6-5-7-10(11)2;1-2/h3-9H,13H2,1-2H3;1-2H3/b4-3-,12-9-;. The summed E-state index contributed by atoms with van der Waals surface area (Å²) in [5, 5.41) is 0. The molecule has 1 aromatic rings. The lowest BCUT2D eigenvalue weighted by Crippen LogP contribution is -1.97. The Hall–Kier alpha value is -1.50. The highest BCUT2D eigenvalue weighted by Gasteiger charge is 1.97. The van der Waals surface area contributed by atoms with Gasteiger partial charge in [0.15, 0.2) is 0 Å². The number of allylic oxidation sites excluding steroid dienone is 3. The minimum absolute atomic E-state index is 0.816. The Morgan fingerprint density at radius 2 is 1.80 bits per heavy atom. The van der Waals surface area contributed by atoms with Gasteiger partial charge in [-0.15, -0.1) is 0 Å². The molecule has 0 atom stereocenters. The second-order valence-corrected chi connectivity index (χ2v) is 2.96. The largest absolute Gasteiger partial charge is 0.398 e. The molecule has 0 spiro atoms. The summed E-state index contributed by atoms with van der Waals surface area (Å²) in [7, 11) is 0. The van der Waals surface area contributed by atoms with Crippen LogP contribution in [0.15, 0.2) is 42.5 Å². The smallest absolute Gasteiger partial charge is 0.0390 e. The molecule has 1 nitrogen and oxygen atoms in total. The molecule has 0 aliphatic rings. The third kappa shape index (κ3) is 4.50. The van der Waals surface area contributed by atoms with E-state index in [2.05, 4.69) is 13.0 Å². The van der Waals surface area contributed by atoms with Crippen molar-refractivity contribution in [3.05, 3.63) is 53.6 Å². The third-order valence-corrected chi connectivity index (χ3v) is 1.92. The first-order chi connectivity index (χ1) is 7.25. The number of aryl methyl sites for hydroxylation is 1. The van der Waals surface area contributed by atoms with Crippen LogP contribution in [0, 0.1) is 6.92 Å². The maximum Gasteiger partial charge on any atom is 0.0390 e. The SMILES string of the molecule is C/C=C\C=C(/N)c1ccccc1C.CC. The molecule has 0 saturated heterocycles. The topological polar surface area (TPSA) is 26.0 Å². The number of hydrogen-bond acceptors (Lipinski definition) is 1. The van der Waals surface area contributed by atoms with Crippen molar-refractivity contribution in [3.63, 3.8) is 0 Å². The Kier molecular flexibility index (Phi) is 7.08. The average Bonchev–Trinajstić information content (AvgIpc) is 2.29. The molecular formula is C14H21N. The van der Waals surface area contributed by atoms with E-state index in [1.807, 2.05) is 57.2 Å². The molecule has 0 amide bonds. The molecule has 15 heavy (non-hydrogen) atoms. The molecule has 1 rings (SSSR count). The molecule has 1 heteroatoms. The second kappa shape index (κ2) is 7.86. The van der Waals surface area contributed by atoms with Gasteiger partial charge in [0, 0.05) is 11.3 Å². The maximum atomic E-state index is 5.89. The normalized spacial score (nSPS) is 11.1. The van der Waals surface area contributed by atoms with Gasteiger partial charge in [0.05, 0.1) is 0 Å². The van der Waals surface area contributed by atoms with E-state index in [9.17, 15) is 0 Å². The third-order valence-electron chi connectivity index (χ3n) is 1.92. The predicted molar refractivity (Wildman–Crippen MR) is 69.5 cm³/mol. The fraction of sp³-hybridized carbons (Fsp3) is 0.286. The van der Waals surface area contributed by atoms with Crippen LogP contribution in [0.25, 0.3) is 5.70 Å². The van der Waals surface area contributed by atoms with Crippen LogP contribution in [0.3, 0.4) is 0 Å². The summed E-state index contributed by atoms with van der Waals surface area (Å²) in [6, 6.07) is 8.11. The average molecular weight is 203 g/mol. The Balaban J connectivity index is 0.000000921. The quantitative estimate of drug-likeness (QED) is 0.725. The van der Waals surface area contributed by atoms with E-state index in [1.165, 1.54) is 5.56 Å².